The Labute approximate surface area is 93.9 Å². The van der Waals surface area contributed by atoms with Crippen molar-refractivity contribution in [3.05, 3.63) is 0 Å². The molecule has 0 amide bonds. The lowest BCUT2D eigenvalue weighted by Gasteiger charge is -2.34. The van der Waals surface area contributed by atoms with E-state index in [1.807, 2.05) is 0 Å². The van der Waals surface area contributed by atoms with Gasteiger partial charge in [-0.1, -0.05) is 13.8 Å². The molecular formula is C10H23NO3Si. The molecule has 1 atom stereocenters. The molecule has 0 aromatic rings. The highest BCUT2D eigenvalue weighted by atomic mass is 28.4. The smallest absolute Gasteiger partial charge is 0.377 e. The molecule has 1 unspecified atom stereocenters. The van der Waals surface area contributed by atoms with Crippen LogP contribution < -0.4 is 0 Å². The monoisotopic (exact) mass is 233 g/mol. The van der Waals surface area contributed by atoms with Gasteiger partial charge in [-0.25, -0.2) is 0 Å². The predicted octanol–water partition coefficient (Wildman–Crippen LogP) is 1.21. The summed E-state index contributed by atoms with van der Waals surface area (Å²) < 4.78 is 16.8. The number of nitrogens with zero attached hydrogens (tertiary/aromatic N) is 1. The van der Waals surface area contributed by atoms with Crippen molar-refractivity contribution in [1.29, 1.82) is 0 Å². The lowest BCUT2D eigenvalue weighted by molar-refractivity contribution is 0.0658. The molecular weight excluding hydrogens is 210 g/mol. The fourth-order valence-electron chi connectivity index (χ4n) is 2.07. The van der Waals surface area contributed by atoms with Crippen molar-refractivity contribution in [2.45, 2.75) is 19.9 Å². The molecule has 0 bridgehead atoms. The van der Waals surface area contributed by atoms with Crippen molar-refractivity contribution in [1.82, 2.24) is 4.90 Å². The van der Waals surface area contributed by atoms with Gasteiger partial charge in [-0.2, -0.15) is 0 Å². The van der Waals surface area contributed by atoms with Gasteiger partial charge in [-0.05, 0) is 12.5 Å². The molecule has 15 heavy (non-hydrogen) atoms. The molecule has 1 fully saturated rings. The summed E-state index contributed by atoms with van der Waals surface area (Å²) in [4.78, 5) is 2.41. The van der Waals surface area contributed by atoms with E-state index in [2.05, 4.69) is 18.7 Å². The van der Waals surface area contributed by atoms with Gasteiger partial charge in [0.1, 0.15) is 0 Å². The minimum absolute atomic E-state index is 0.566. The third-order valence-electron chi connectivity index (χ3n) is 2.97. The van der Waals surface area contributed by atoms with Crippen LogP contribution in [0.2, 0.25) is 6.04 Å². The molecule has 0 aromatic heterocycles. The molecule has 1 rings (SSSR count). The number of hydrogen-bond donors (Lipinski definition) is 0. The van der Waals surface area contributed by atoms with Crippen LogP contribution in [0.25, 0.3) is 0 Å². The highest BCUT2D eigenvalue weighted by Gasteiger charge is 2.41. The summed E-state index contributed by atoms with van der Waals surface area (Å²) in [5.74, 6) is 0.566. The van der Waals surface area contributed by atoms with E-state index in [0.29, 0.717) is 12.5 Å². The van der Waals surface area contributed by atoms with Gasteiger partial charge in [0.05, 0.1) is 6.61 Å². The quantitative estimate of drug-likeness (QED) is 0.686. The molecule has 0 aliphatic carbocycles. The first-order valence-electron chi connectivity index (χ1n) is 5.62. The second kappa shape index (κ2) is 5.96. The zero-order valence-electron chi connectivity index (χ0n) is 10.3. The van der Waals surface area contributed by atoms with Crippen molar-refractivity contribution >= 4 is 8.80 Å². The highest BCUT2D eigenvalue weighted by molar-refractivity contribution is 6.60. The minimum atomic E-state index is -2.35. The van der Waals surface area contributed by atoms with Crippen LogP contribution in [-0.2, 0) is 13.3 Å². The summed E-state index contributed by atoms with van der Waals surface area (Å²) in [6.45, 7) is 8.31. The van der Waals surface area contributed by atoms with Crippen molar-refractivity contribution in [2.75, 3.05) is 40.5 Å². The molecule has 0 aromatic carbocycles. The molecule has 0 spiro atoms. The van der Waals surface area contributed by atoms with E-state index in [-0.39, 0.29) is 0 Å². The largest absolute Gasteiger partial charge is 0.500 e. The fraction of sp³-hybridized carbons (Fsp3) is 1.00. The molecule has 0 saturated carbocycles. The first kappa shape index (κ1) is 13.1. The van der Waals surface area contributed by atoms with Crippen molar-refractivity contribution < 1.29 is 13.3 Å². The van der Waals surface area contributed by atoms with Crippen LogP contribution in [0, 0.1) is 5.92 Å². The zero-order valence-corrected chi connectivity index (χ0v) is 11.3. The summed E-state index contributed by atoms with van der Waals surface area (Å²) in [6, 6.07) is 0.913. The second-order valence-electron chi connectivity index (χ2n) is 4.14. The Morgan fingerprint density at radius 2 is 2.07 bits per heavy atom. The molecule has 0 N–H and O–H groups in total. The van der Waals surface area contributed by atoms with Gasteiger partial charge in [-0.3, -0.25) is 0 Å². The first-order valence-corrected chi connectivity index (χ1v) is 7.55. The van der Waals surface area contributed by atoms with Crippen LogP contribution in [0.5, 0.6) is 0 Å². The van der Waals surface area contributed by atoms with Crippen LogP contribution >= 0.6 is 0 Å². The van der Waals surface area contributed by atoms with E-state index < -0.39 is 8.80 Å². The molecule has 1 saturated heterocycles. The summed E-state index contributed by atoms with van der Waals surface area (Å²) in [5.41, 5.74) is 0. The van der Waals surface area contributed by atoms with Gasteiger partial charge in [0.15, 0.2) is 0 Å². The van der Waals surface area contributed by atoms with E-state index in [0.717, 1.165) is 25.7 Å². The first-order chi connectivity index (χ1) is 7.15. The lowest BCUT2D eigenvalue weighted by Crippen LogP contribution is -2.50. The maximum absolute atomic E-state index is 5.82. The van der Waals surface area contributed by atoms with Gasteiger partial charge in [-0.15, -0.1) is 0 Å². The average Bonchev–Trinajstić information content (AvgIpc) is 2.23. The van der Waals surface area contributed by atoms with Gasteiger partial charge in [0, 0.05) is 33.4 Å². The number of hydrogen-bond acceptors (Lipinski definition) is 4. The van der Waals surface area contributed by atoms with Crippen LogP contribution in [0.4, 0.5) is 0 Å². The Morgan fingerprint density at radius 3 is 2.60 bits per heavy atom. The van der Waals surface area contributed by atoms with Gasteiger partial charge in [0.2, 0.25) is 0 Å². The highest BCUT2D eigenvalue weighted by Crippen LogP contribution is 2.22. The molecule has 4 nitrogen and oxygen atoms in total. The number of rotatable bonds is 3. The Kier molecular flexibility index (Phi) is 5.21. The Hall–Kier alpha value is 0.0569. The molecule has 5 heteroatoms. The van der Waals surface area contributed by atoms with E-state index >= 15 is 0 Å². The molecule has 0 radical (unpaired) electrons. The maximum Gasteiger partial charge on any atom is 0.500 e. The zero-order chi connectivity index (χ0) is 11.3. The summed E-state index contributed by atoms with van der Waals surface area (Å²) in [7, 11) is 1.05. The summed E-state index contributed by atoms with van der Waals surface area (Å²) >= 11 is 0. The van der Waals surface area contributed by atoms with Crippen LogP contribution in [0.3, 0.4) is 0 Å². The molecule has 1 aliphatic heterocycles. The topological polar surface area (TPSA) is 30.9 Å². The number of likely N-dealkylation sites (N-methyl/N-ethyl adjacent to an activating group) is 1. The molecule has 1 aliphatic rings. The van der Waals surface area contributed by atoms with Crippen LogP contribution in [0.15, 0.2) is 0 Å². The predicted molar refractivity (Wildman–Crippen MR) is 61.8 cm³/mol. The molecule has 90 valence electrons. The Balaban J connectivity index is 2.60. The van der Waals surface area contributed by atoms with E-state index in [9.17, 15) is 0 Å². The Morgan fingerprint density at radius 1 is 1.40 bits per heavy atom. The summed E-state index contributed by atoms with van der Waals surface area (Å²) in [5, 5.41) is 0. The van der Waals surface area contributed by atoms with Crippen LogP contribution in [-0.4, -0.2) is 54.2 Å². The third kappa shape index (κ3) is 3.53. The second-order valence-corrected chi connectivity index (χ2v) is 7.02. The average molecular weight is 233 g/mol. The fourth-order valence-corrected chi connectivity index (χ4v) is 4.31. The Bertz CT molecular complexity index is 188. The van der Waals surface area contributed by atoms with Crippen LogP contribution in [0.1, 0.15) is 13.8 Å². The van der Waals surface area contributed by atoms with E-state index in [1.54, 1.807) is 14.2 Å². The standard InChI is InChI=1S/C10H23NO3Si/c1-5-11-6-7-14-15(12-3,13-4)9-10(2)8-11/h10H,5-9H2,1-4H3. The lowest BCUT2D eigenvalue weighted by atomic mass is 10.2. The van der Waals surface area contributed by atoms with E-state index in [1.165, 1.54) is 0 Å². The maximum atomic E-state index is 5.82. The van der Waals surface area contributed by atoms with Gasteiger partial charge >= 0.3 is 8.80 Å². The minimum Gasteiger partial charge on any atom is -0.377 e. The summed E-state index contributed by atoms with van der Waals surface area (Å²) in [6.07, 6.45) is 0. The van der Waals surface area contributed by atoms with Crippen molar-refractivity contribution in [3.63, 3.8) is 0 Å². The van der Waals surface area contributed by atoms with Gasteiger partial charge < -0.3 is 18.2 Å². The van der Waals surface area contributed by atoms with Crippen molar-refractivity contribution in [2.24, 2.45) is 5.92 Å². The normalized spacial score (nSPS) is 28.4. The van der Waals surface area contributed by atoms with Gasteiger partial charge in [0.25, 0.3) is 0 Å². The SMILES string of the molecule is CCN1CCO[Si](OC)(OC)CC(C)C1. The third-order valence-corrected chi connectivity index (χ3v) is 6.05. The molecule has 1 heterocycles. The van der Waals surface area contributed by atoms with Crippen molar-refractivity contribution in [3.8, 4) is 0 Å². The van der Waals surface area contributed by atoms with E-state index in [4.69, 9.17) is 13.3 Å².